The van der Waals surface area contributed by atoms with E-state index in [0.29, 0.717) is 19.6 Å². The number of carbonyl (C=O) groups is 1. The maximum Gasteiger partial charge on any atom is 0.317 e. The highest BCUT2D eigenvalue weighted by molar-refractivity contribution is 7.90. The van der Waals surface area contributed by atoms with Crippen LogP contribution < -0.4 is 5.32 Å². The lowest BCUT2D eigenvalue weighted by molar-refractivity contribution is -0.0238. The summed E-state index contributed by atoms with van der Waals surface area (Å²) in [6, 6.07) is 6.48. The van der Waals surface area contributed by atoms with Gasteiger partial charge in [-0.3, -0.25) is 0 Å². The van der Waals surface area contributed by atoms with E-state index < -0.39 is 9.84 Å². The van der Waals surface area contributed by atoms with Gasteiger partial charge < -0.3 is 15.0 Å². The summed E-state index contributed by atoms with van der Waals surface area (Å²) in [5.41, 5.74) is 0.872. The van der Waals surface area contributed by atoms with E-state index in [1.807, 2.05) is 0 Å². The highest BCUT2D eigenvalue weighted by Gasteiger charge is 2.35. The van der Waals surface area contributed by atoms with Crippen molar-refractivity contribution in [1.29, 1.82) is 0 Å². The van der Waals surface area contributed by atoms with Crippen molar-refractivity contribution >= 4 is 15.9 Å². The Hall–Kier alpha value is -1.60. The summed E-state index contributed by atoms with van der Waals surface area (Å²) in [5.74, 6) is 0. The maximum absolute atomic E-state index is 12.2. The molecule has 2 heterocycles. The molecule has 2 unspecified atom stereocenters. The predicted molar refractivity (Wildman–Crippen MR) is 81.3 cm³/mol. The van der Waals surface area contributed by atoms with Gasteiger partial charge in [0.2, 0.25) is 0 Å². The summed E-state index contributed by atoms with van der Waals surface area (Å²) in [5, 5.41) is 2.88. The summed E-state index contributed by atoms with van der Waals surface area (Å²) >= 11 is 0. The first kappa shape index (κ1) is 15.3. The van der Waals surface area contributed by atoms with Gasteiger partial charge >= 0.3 is 6.03 Å². The Morgan fingerprint density at radius 2 is 1.82 bits per heavy atom. The van der Waals surface area contributed by atoms with Crippen LogP contribution in [0.15, 0.2) is 29.2 Å². The number of amides is 2. The molecule has 2 aliphatic rings. The van der Waals surface area contributed by atoms with Gasteiger partial charge in [0.1, 0.15) is 0 Å². The number of hydrogen-bond donors (Lipinski definition) is 1. The van der Waals surface area contributed by atoms with Crippen LogP contribution in [0.1, 0.15) is 18.4 Å². The molecule has 2 fully saturated rings. The number of likely N-dealkylation sites (tertiary alicyclic amines) is 1. The van der Waals surface area contributed by atoms with Gasteiger partial charge in [0.05, 0.1) is 17.1 Å². The van der Waals surface area contributed by atoms with E-state index in [1.165, 1.54) is 6.26 Å². The Kier molecular flexibility index (Phi) is 4.10. The zero-order valence-electron chi connectivity index (χ0n) is 12.5. The maximum atomic E-state index is 12.2. The van der Waals surface area contributed by atoms with Crippen molar-refractivity contribution in [3.05, 3.63) is 29.8 Å². The monoisotopic (exact) mass is 324 g/mol. The molecule has 1 N–H and O–H groups in total. The number of morpholine rings is 1. The number of sulfone groups is 1. The lowest BCUT2D eigenvalue weighted by Gasteiger charge is -2.32. The minimum Gasteiger partial charge on any atom is -0.371 e. The third-order valence-electron chi connectivity index (χ3n) is 4.13. The van der Waals surface area contributed by atoms with Crippen LogP contribution in [0.4, 0.5) is 4.79 Å². The normalized spacial score (nSPS) is 24.3. The highest BCUT2D eigenvalue weighted by Crippen LogP contribution is 2.26. The number of nitrogens with one attached hydrogen (secondary N) is 1. The van der Waals surface area contributed by atoms with Crippen molar-refractivity contribution in [3.8, 4) is 0 Å². The highest BCUT2D eigenvalue weighted by atomic mass is 32.2. The number of urea groups is 1. The Morgan fingerprint density at radius 1 is 1.23 bits per heavy atom. The van der Waals surface area contributed by atoms with Crippen molar-refractivity contribution in [1.82, 2.24) is 10.2 Å². The standard InChI is InChI=1S/C15H20N2O4S/c1-22(19,20)14-6-2-11(3-7-14)8-16-15(18)17-9-12-4-5-13(10-17)21-12/h2-3,6-7,12-13H,4-5,8-10H2,1H3,(H,16,18). The SMILES string of the molecule is CS(=O)(=O)c1ccc(CNC(=O)N2CC3CCC(C2)O3)cc1. The molecule has 7 heteroatoms. The van der Waals surface area contributed by atoms with Crippen molar-refractivity contribution < 1.29 is 17.9 Å². The third-order valence-corrected chi connectivity index (χ3v) is 5.25. The average Bonchev–Trinajstić information content (AvgIpc) is 2.82. The molecule has 22 heavy (non-hydrogen) atoms. The minimum atomic E-state index is -3.18. The number of fused-ring (bicyclic) bond motifs is 2. The van der Waals surface area contributed by atoms with E-state index in [1.54, 1.807) is 29.2 Å². The van der Waals surface area contributed by atoms with Crippen LogP contribution in [0.3, 0.4) is 0 Å². The Balaban J connectivity index is 1.55. The summed E-state index contributed by atoms with van der Waals surface area (Å²) < 4.78 is 28.5. The van der Waals surface area contributed by atoms with Crippen LogP contribution in [0.5, 0.6) is 0 Å². The van der Waals surface area contributed by atoms with E-state index in [-0.39, 0.29) is 23.1 Å². The smallest absolute Gasteiger partial charge is 0.317 e. The first-order chi connectivity index (χ1) is 10.4. The molecule has 120 valence electrons. The molecular formula is C15H20N2O4S. The number of ether oxygens (including phenoxy) is 1. The van der Waals surface area contributed by atoms with Gasteiger partial charge in [0.25, 0.3) is 0 Å². The predicted octanol–water partition coefficient (Wildman–Crippen LogP) is 1.16. The molecule has 2 saturated heterocycles. The Labute approximate surface area is 130 Å². The van der Waals surface area contributed by atoms with Crippen LogP contribution in [0.25, 0.3) is 0 Å². The van der Waals surface area contributed by atoms with E-state index in [0.717, 1.165) is 18.4 Å². The van der Waals surface area contributed by atoms with Crippen molar-refractivity contribution in [3.63, 3.8) is 0 Å². The molecule has 2 amide bonds. The first-order valence-corrected chi connectivity index (χ1v) is 9.28. The Morgan fingerprint density at radius 3 is 2.36 bits per heavy atom. The topological polar surface area (TPSA) is 75.7 Å². The van der Waals surface area contributed by atoms with Gasteiger partial charge in [0, 0.05) is 25.9 Å². The molecule has 2 aliphatic heterocycles. The van der Waals surface area contributed by atoms with Crippen LogP contribution in [0.2, 0.25) is 0 Å². The quantitative estimate of drug-likeness (QED) is 0.905. The van der Waals surface area contributed by atoms with Gasteiger partial charge in [-0.2, -0.15) is 0 Å². The molecule has 3 rings (SSSR count). The van der Waals surface area contributed by atoms with Crippen LogP contribution >= 0.6 is 0 Å². The second-order valence-corrected chi connectivity index (χ2v) is 7.95. The molecule has 0 aliphatic carbocycles. The Bertz CT molecular complexity index is 645. The van der Waals surface area contributed by atoms with Gasteiger partial charge in [-0.25, -0.2) is 13.2 Å². The van der Waals surface area contributed by atoms with Crippen LogP contribution in [-0.2, 0) is 21.1 Å². The summed E-state index contributed by atoms with van der Waals surface area (Å²) in [6.07, 6.45) is 3.59. The second-order valence-electron chi connectivity index (χ2n) is 5.94. The number of benzene rings is 1. The average molecular weight is 324 g/mol. The van der Waals surface area contributed by atoms with Gasteiger partial charge in [-0.15, -0.1) is 0 Å². The summed E-state index contributed by atoms with van der Waals surface area (Å²) in [4.78, 5) is 14.3. The number of nitrogens with zero attached hydrogens (tertiary/aromatic N) is 1. The fourth-order valence-corrected chi connectivity index (χ4v) is 3.56. The molecule has 0 radical (unpaired) electrons. The molecular weight excluding hydrogens is 304 g/mol. The van der Waals surface area contributed by atoms with E-state index in [2.05, 4.69) is 5.32 Å². The van der Waals surface area contributed by atoms with Gasteiger partial charge in [0.15, 0.2) is 9.84 Å². The van der Waals surface area contributed by atoms with E-state index in [9.17, 15) is 13.2 Å². The zero-order chi connectivity index (χ0) is 15.7. The van der Waals surface area contributed by atoms with Gasteiger partial charge in [-0.1, -0.05) is 12.1 Å². The number of rotatable bonds is 3. The summed E-state index contributed by atoms with van der Waals surface area (Å²) in [7, 11) is -3.18. The summed E-state index contributed by atoms with van der Waals surface area (Å²) in [6.45, 7) is 1.68. The lowest BCUT2D eigenvalue weighted by atomic mass is 10.2. The number of carbonyl (C=O) groups excluding carboxylic acids is 1. The van der Waals surface area contributed by atoms with Crippen molar-refractivity contribution in [2.24, 2.45) is 0 Å². The van der Waals surface area contributed by atoms with Crippen molar-refractivity contribution in [2.75, 3.05) is 19.3 Å². The largest absolute Gasteiger partial charge is 0.371 e. The molecule has 0 spiro atoms. The fraction of sp³-hybridized carbons (Fsp3) is 0.533. The molecule has 2 atom stereocenters. The van der Waals surface area contributed by atoms with Crippen molar-refractivity contribution in [2.45, 2.75) is 36.5 Å². The van der Waals surface area contributed by atoms with Crippen LogP contribution in [0, 0.1) is 0 Å². The molecule has 2 bridgehead atoms. The molecule has 0 aromatic heterocycles. The van der Waals surface area contributed by atoms with E-state index in [4.69, 9.17) is 4.74 Å². The number of hydrogen-bond acceptors (Lipinski definition) is 4. The first-order valence-electron chi connectivity index (χ1n) is 7.39. The van der Waals surface area contributed by atoms with Crippen LogP contribution in [-0.4, -0.2) is 50.9 Å². The minimum absolute atomic E-state index is 0.0904. The zero-order valence-corrected chi connectivity index (χ0v) is 13.3. The molecule has 0 saturated carbocycles. The third kappa shape index (κ3) is 3.41. The second kappa shape index (κ2) is 5.89. The molecule has 1 aromatic rings. The molecule has 6 nitrogen and oxygen atoms in total. The lowest BCUT2D eigenvalue weighted by Crippen LogP contribution is -2.49. The van der Waals surface area contributed by atoms with E-state index >= 15 is 0 Å². The fourth-order valence-electron chi connectivity index (χ4n) is 2.92. The molecule has 1 aromatic carbocycles. The van der Waals surface area contributed by atoms with Gasteiger partial charge in [-0.05, 0) is 30.5 Å².